The van der Waals surface area contributed by atoms with Gasteiger partial charge in [0.05, 0.1) is 4.92 Å². The first-order valence-corrected chi connectivity index (χ1v) is 7.59. The zero-order chi connectivity index (χ0) is 14.8. The van der Waals surface area contributed by atoms with Gasteiger partial charge in [-0.3, -0.25) is 10.1 Å². The molecule has 1 fully saturated rings. The smallest absolute Gasteiger partial charge is 0.324 e. The van der Waals surface area contributed by atoms with Crippen LogP contribution in [0.4, 0.5) is 10.8 Å². The Bertz CT molecular complexity index is 633. The van der Waals surface area contributed by atoms with Crippen LogP contribution >= 0.6 is 11.3 Å². The summed E-state index contributed by atoms with van der Waals surface area (Å²) in [6.45, 7) is 4.04. The van der Waals surface area contributed by atoms with Crippen LogP contribution < -0.4 is 4.90 Å². The van der Waals surface area contributed by atoms with Gasteiger partial charge < -0.3 is 9.80 Å². The fraction of sp³-hybridized carbons (Fsp3) is 0.357. The highest BCUT2D eigenvalue weighted by atomic mass is 32.1. The molecule has 0 unspecified atom stereocenters. The number of nitro groups is 1. The number of pyridine rings is 1. The van der Waals surface area contributed by atoms with Crippen molar-refractivity contribution in [2.75, 3.05) is 38.1 Å². The number of thiophene rings is 1. The third-order valence-electron chi connectivity index (χ3n) is 3.63. The molecule has 0 spiro atoms. The van der Waals surface area contributed by atoms with E-state index < -0.39 is 0 Å². The second-order valence-electron chi connectivity index (χ2n) is 5.09. The Labute approximate surface area is 126 Å². The zero-order valence-corrected chi connectivity index (χ0v) is 12.5. The highest BCUT2D eigenvalue weighted by Gasteiger charge is 2.16. The number of likely N-dealkylation sites (N-methyl/N-ethyl adjacent to an activating group) is 1. The van der Waals surface area contributed by atoms with Gasteiger partial charge in [0.25, 0.3) is 0 Å². The van der Waals surface area contributed by atoms with E-state index in [1.165, 1.54) is 17.4 Å². The van der Waals surface area contributed by atoms with E-state index in [9.17, 15) is 10.1 Å². The standard InChI is InChI=1S/C14H16N4O2S/c1-16-6-8-17(9-7-16)13-4-2-11(10-15-13)12-3-5-14(21-12)18(19)20/h2-5,10H,6-9H2,1H3. The van der Waals surface area contributed by atoms with Crippen molar-refractivity contribution in [3.63, 3.8) is 0 Å². The molecule has 0 N–H and O–H groups in total. The van der Waals surface area contributed by atoms with Gasteiger partial charge in [-0.15, -0.1) is 0 Å². The lowest BCUT2D eigenvalue weighted by Gasteiger charge is -2.33. The highest BCUT2D eigenvalue weighted by Crippen LogP contribution is 2.32. The molecule has 0 saturated carbocycles. The third kappa shape index (κ3) is 3.03. The summed E-state index contributed by atoms with van der Waals surface area (Å²) in [4.78, 5) is 20.3. The van der Waals surface area contributed by atoms with Gasteiger partial charge in [-0.2, -0.15) is 0 Å². The van der Waals surface area contributed by atoms with Gasteiger partial charge in [0.1, 0.15) is 5.82 Å². The summed E-state index contributed by atoms with van der Waals surface area (Å²) in [7, 11) is 2.12. The molecule has 0 aromatic carbocycles. The van der Waals surface area contributed by atoms with Crippen LogP contribution in [0.25, 0.3) is 10.4 Å². The fourth-order valence-corrected chi connectivity index (χ4v) is 3.15. The molecule has 7 heteroatoms. The molecule has 2 aromatic rings. The summed E-state index contributed by atoms with van der Waals surface area (Å²) < 4.78 is 0. The molecule has 110 valence electrons. The Morgan fingerprint density at radius 2 is 1.95 bits per heavy atom. The number of anilines is 1. The molecular weight excluding hydrogens is 288 g/mol. The van der Waals surface area contributed by atoms with E-state index >= 15 is 0 Å². The molecule has 3 rings (SSSR count). The van der Waals surface area contributed by atoms with Gasteiger partial charge in [0.15, 0.2) is 0 Å². The molecule has 0 aliphatic carbocycles. The van der Waals surface area contributed by atoms with Gasteiger partial charge in [-0.25, -0.2) is 4.98 Å². The first kappa shape index (κ1) is 14.0. The Balaban J connectivity index is 1.75. The van der Waals surface area contributed by atoms with Crippen molar-refractivity contribution in [1.29, 1.82) is 0 Å². The summed E-state index contributed by atoms with van der Waals surface area (Å²) in [5.74, 6) is 0.970. The second-order valence-corrected chi connectivity index (χ2v) is 6.15. The molecule has 1 aliphatic heterocycles. The predicted molar refractivity (Wildman–Crippen MR) is 83.9 cm³/mol. The SMILES string of the molecule is CN1CCN(c2ccc(-c3ccc([N+](=O)[O-])s3)cn2)CC1. The average molecular weight is 304 g/mol. The number of nitrogens with zero attached hydrogens (tertiary/aromatic N) is 4. The lowest BCUT2D eigenvalue weighted by atomic mass is 10.2. The summed E-state index contributed by atoms with van der Waals surface area (Å²) in [5, 5.41) is 10.9. The predicted octanol–water partition coefficient (Wildman–Crippen LogP) is 2.47. The van der Waals surface area contributed by atoms with Crippen molar-refractivity contribution >= 4 is 22.2 Å². The summed E-state index contributed by atoms with van der Waals surface area (Å²) >= 11 is 1.18. The molecule has 0 atom stereocenters. The molecule has 0 bridgehead atoms. The van der Waals surface area contributed by atoms with Gasteiger partial charge in [0, 0.05) is 48.9 Å². The monoisotopic (exact) mass is 304 g/mol. The van der Waals surface area contributed by atoms with Crippen LogP contribution in [0.5, 0.6) is 0 Å². The third-order valence-corrected chi connectivity index (χ3v) is 4.72. The quantitative estimate of drug-likeness (QED) is 0.644. The summed E-state index contributed by atoms with van der Waals surface area (Å²) in [6.07, 6.45) is 1.79. The maximum absolute atomic E-state index is 10.7. The minimum atomic E-state index is -0.361. The van der Waals surface area contributed by atoms with Crippen molar-refractivity contribution in [1.82, 2.24) is 9.88 Å². The molecular formula is C14H16N4O2S. The zero-order valence-electron chi connectivity index (χ0n) is 11.7. The van der Waals surface area contributed by atoms with E-state index in [1.807, 2.05) is 12.1 Å². The van der Waals surface area contributed by atoms with E-state index in [4.69, 9.17) is 0 Å². The Kier molecular flexibility index (Phi) is 3.85. The molecule has 3 heterocycles. The van der Waals surface area contributed by atoms with E-state index in [-0.39, 0.29) is 9.92 Å². The average Bonchev–Trinajstić information content (AvgIpc) is 2.98. The molecule has 0 amide bonds. The van der Waals surface area contributed by atoms with Crippen LogP contribution in [-0.4, -0.2) is 48.0 Å². The van der Waals surface area contributed by atoms with Gasteiger partial charge in [-0.1, -0.05) is 11.3 Å². The highest BCUT2D eigenvalue weighted by molar-refractivity contribution is 7.18. The largest absolute Gasteiger partial charge is 0.354 e. The molecule has 6 nitrogen and oxygen atoms in total. The van der Waals surface area contributed by atoms with E-state index in [2.05, 4.69) is 21.8 Å². The minimum Gasteiger partial charge on any atom is -0.354 e. The van der Waals surface area contributed by atoms with E-state index in [0.717, 1.165) is 42.4 Å². The Morgan fingerprint density at radius 1 is 1.19 bits per heavy atom. The van der Waals surface area contributed by atoms with Crippen LogP contribution in [0.3, 0.4) is 0 Å². The van der Waals surface area contributed by atoms with Crippen molar-refractivity contribution in [2.45, 2.75) is 0 Å². The van der Waals surface area contributed by atoms with Crippen molar-refractivity contribution in [3.8, 4) is 10.4 Å². The fourth-order valence-electron chi connectivity index (χ4n) is 2.34. The molecule has 1 aliphatic rings. The lowest BCUT2D eigenvalue weighted by molar-refractivity contribution is -0.380. The summed E-state index contributed by atoms with van der Waals surface area (Å²) in [6, 6.07) is 7.28. The Morgan fingerprint density at radius 3 is 2.52 bits per heavy atom. The maximum Gasteiger partial charge on any atom is 0.324 e. The van der Waals surface area contributed by atoms with Crippen molar-refractivity contribution in [3.05, 3.63) is 40.6 Å². The molecule has 2 aromatic heterocycles. The van der Waals surface area contributed by atoms with Crippen molar-refractivity contribution in [2.24, 2.45) is 0 Å². The number of piperazine rings is 1. The van der Waals surface area contributed by atoms with Crippen LogP contribution in [0, 0.1) is 10.1 Å². The Hall–Kier alpha value is -1.99. The van der Waals surface area contributed by atoms with Gasteiger partial charge in [0.2, 0.25) is 0 Å². The molecule has 1 saturated heterocycles. The normalized spacial score (nSPS) is 16.1. The van der Waals surface area contributed by atoms with Crippen molar-refractivity contribution < 1.29 is 4.92 Å². The lowest BCUT2D eigenvalue weighted by Crippen LogP contribution is -2.44. The van der Waals surface area contributed by atoms with Crippen LogP contribution in [0.1, 0.15) is 0 Å². The first-order chi connectivity index (χ1) is 10.1. The molecule has 21 heavy (non-hydrogen) atoms. The van der Waals surface area contributed by atoms with Crippen LogP contribution in [-0.2, 0) is 0 Å². The number of hydrogen-bond acceptors (Lipinski definition) is 6. The van der Waals surface area contributed by atoms with Gasteiger partial charge in [-0.05, 0) is 25.2 Å². The topological polar surface area (TPSA) is 62.5 Å². The molecule has 0 radical (unpaired) electrons. The minimum absolute atomic E-state index is 0.160. The van der Waals surface area contributed by atoms with Crippen LogP contribution in [0.2, 0.25) is 0 Å². The number of aromatic nitrogens is 1. The van der Waals surface area contributed by atoms with E-state index in [1.54, 1.807) is 12.3 Å². The number of rotatable bonds is 3. The second kappa shape index (κ2) is 5.79. The number of hydrogen-bond donors (Lipinski definition) is 0. The summed E-state index contributed by atoms with van der Waals surface area (Å²) in [5.41, 5.74) is 0.922. The van der Waals surface area contributed by atoms with E-state index in [0.29, 0.717) is 0 Å². The van der Waals surface area contributed by atoms with Crippen LogP contribution in [0.15, 0.2) is 30.5 Å². The maximum atomic E-state index is 10.7. The first-order valence-electron chi connectivity index (χ1n) is 6.77. The van der Waals surface area contributed by atoms with Gasteiger partial charge >= 0.3 is 5.00 Å².